The molecule has 0 saturated heterocycles. The normalized spacial score (nSPS) is 21.2. The van der Waals surface area contributed by atoms with Crippen molar-refractivity contribution in [3.8, 4) is 34.3 Å². The number of ether oxygens (including phenoxy) is 4. The Bertz CT molecular complexity index is 1970. The molecule has 11 nitrogen and oxygen atoms in total. The molecule has 16 heteroatoms. The maximum atomic E-state index is 16.2. The van der Waals surface area contributed by atoms with Gasteiger partial charge in [-0.3, -0.25) is 4.79 Å². The van der Waals surface area contributed by atoms with Crippen molar-refractivity contribution in [2.75, 3.05) is 20.3 Å². The molecule has 2 aromatic heterocycles. The lowest BCUT2D eigenvalue weighted by molar-refractivity contribution is -0.286. The Kier molecular flexibility index (Phi) is 6.69. The number of methoxy groups -OCH3 is 1. The number of aldehydes is 1. The molecule has 4 aromatic rings. The smallest absolute Gasteiger partial charge is 0.494 e. The van der Waals surface area contributed by atoms with E-state index < -0.39 is 42.0 Å². The van der Waals surface area contributed by atoms with E-state index in [0.717, 1.165) is 6.20 Å². The zero-order chi connectivity index (χ0) is 33.5. The van der Waals surface area contributed by atoms with Crippen LogP contribution in [0.2, 0.25) is 0 Å². The molecule has 47 heavy (non-hydrogen) atoms. The van der Waals surface area contributed by atoms with Gasteiger partial charge in [-0.15, -0.1) is 8.78 Å². The first-order valence-corrected chi connectivity index (χ1v) is 14.3. The summed E-state index contributed by atoms with van der Waals surface area (Å²) >= 11 is 0. The minimum Gasteiger partial charge on any atom is -0.494 e. The average Bonchev–Trinajstić information content (AvgIpc) is 3.36. The SMILES string of the molecule is COc1cc(C(=O)NCC(O)(c2cc3c(c(-c4ccc5c(c4)OC(F)(F)O5)n2)OC[C@]3(C)C=O)C2(F)CC2)cc2cn(C(F)F)nc12. The van der Waals surface area contributed by atoms with Crippen molar-refractivity contribution < 1.29 is 55.6 Å². The number of fused-ring (bicyclic) bond motifs is 3. The van der Waals surface area contributed by atoms with Crippen LogP contribution in [0.1, 0.15) is 47.9 Å². The molecule has 1 saturated carbocycles. The standard InChI is InChI=1S/C31H25F5N4O7/c1-28(13-41)14-45-25-18(28)10-22(38-24(25)15-3-4-19-20(8-15)47-31(35,36)46-19)30(43,29(34)5-6-29)12-37-26(42)16-7-17-11-40(27(32)33)39-23(17)21(9-16)44-2/h3-4,7-11,13,27,43H,5-6,12,14H2,1-2H3,(H,37,42)/t28-,30?/m0/s1. The molecular weight excluding hydrogens is 635 g/mol. The minimum atomic E-state index is -3.90. The first kappa shape index (κ1) is 30.7. The van der Waals surface area contributed by atoms with Crippen LogP contribution in [0, 0.1) is 0 Å². The van der Waals surface area contributed by atoms with Crippen LogP contribution in [0.25, 0.3) is 22.2 Å². The van der Waals surface area contributed by atoms with Gasteiger partial charge in [-0.1, -0.05) is 0 Å². The summed E-state index contributed by atoms with van der Waals surface area (Å²) in [7, 11) is 1.27. The van der Waals surface area contributed by atoms with Crippen molar-refractivity contribution in [2.45, 2.75) is 49.3 Å². The summed E-state index contributed by atoms with van der Waals surface area (Å²) in [6.45, 7) is -2.18. The summed E-state index contributed by atoms with van der Waals surface area (Å²) < 4.78 is 90.7. The number of carbonyl (C=O) groups excluding carboxylic acids is 2. The Hall–Kier alpha value is -4.99. The van der Waals surface area contributed by atoms with Crippen molar-refractivity contribution in [3.05, 3.63) is 59.4 Å². The van der Waals surface area contributed by atoms with Gasteiger partial charge in [-0.2, -0.15) is 13.9 Å². The molecule has 0 spiro atoms. The zero-order valence-corrected chi connectivity index (χ0v) is 24.7. The number of amides is 1. The first-order valence-electron chi connectivity index (χ1n) is 14.3. The lowest BCUT2D eigenvalue weighted by Gasteiger charge is -2.32. The van der Waals surface area contributed by atoms with E-state index in [1.807, 2.05) is 0 Å². The summed E-state index contributed by atoms with van der Waals surface area (Å²) in [6, 6.07) is 7.72. The Morgan fingerprint density at radius 3 is 2.60 bits per heavy atom. The number of aliphatic hydroxyl groups is 1. The van der Waals surface area contributed by atoms with Gasteiger partial charge in [0.05, 0.1) is 24.8 Å². The van der Waals surface area contributed by atoms with Crippen LogP contribution >= 0.6 is 0 Å². The van der Waals surface area contributed by atoms with Crippen LogP contribution < -0.4 is 24.3 Å². The number of nitrogens with one attached hydrogen (secondary N) is 1. The molecule has 0 bridgehead atoms. The lowest BCUT2D eigenvalue weighted by Crippen LogP contribution is -2.49. The largest absolute Gasteiger partial charge is 0.586 e. The Labute approximate surface area is 262 Å². The topological polar surface area (TPSA) is 134 Å². The predicted octanol–water partition coefficient (Wildman–Crippen LogP) is 4.79. The maximum absolute atomic E-state index is 16.2. The summed E-state index contributed by atoms with van der Waals surface area (Å²) in [6.07, 6.45) is -2.39. The predicted molar refractivity (Wildman–Crippen MR) is 152 cm³/mol. The molecule has 0 radical (unpaired) electrons. The molecule has 2 aromatic carbocycles. The zero-order valence-electron chi connectivity index (χ0n) is 24.7. The molecule has 2 N–H and O–H groups in total. The number of aromatic nitrogens is 3. The van der Waals surface area contributed by atoms with Crippen LogP contribution in [0.4, 0.5) is 22.0 Å². The van der Waals surface area contributed by atoms with E-state index in [1.165, 1.54) is 43.5 Å². The Morgan fingerprint density at radius 1 is 1.17 bits per heavy atom. The Morgan fingerprint density at radius 2 is 1.91 bits per heavy atom. The monoisotopic (exact) mass is 660 g/mol. The van der Waals surface area contributed by atoms with Gasteiger partial charge in [0.2, 0.25) is 0 Å². The van der Waals surface area contributed by atoms with Gasteiger partial charge in [0.25, 0.3) is 5.91 Å². The molecule has 1 aliphatic carbocycles. The van der Waals surface area contributed by atoms with Crippen molar-refractivity contribution >= 4 is 23.1 Å². The second kappa shape index (κ2) is 10.3. The molecule has 1 unspecified atom stereocenters. The van der Waals surface area contributed by atoms with E-state index in [2.05, 4.69) is 24.9 Å². The number of hydrogen-bond donors (Lipinski definition) is 2. The number of pyridine rings is 1. The van der Waals surface area contributed by atoms with Crippen molar-refractivity contribution in [1.82, 2.24) is 20.1 Å². The van der Waals surface area contributed by atoms with Gasteiger partial charge in [0, 0.05) is 28.3 Å². The minimum absolute atomic E-state index is 0.00456. The van der Waals surface area contributed by atoms with E-state index in [0.29, 0.717) is 11.0 Å². The van der Waals surface area contributed by atoms with Gasteiger partial charge >= 0.3 is 12.8 Å². The van der Waals surface area contributed by atoms with E-state index in [-0.39, 0.29) is 81.4 Å². The lowest BCUT2D eigenvalue weighted by atomic mass is 9.82. The van der Waals surface area contributed by atoms with Crippen molar-refractivity contribution in [1.29, 1.82) is 0 Å². The van der Waals surface area contributed by atoms with Gasteiger partial charge in [0.15, 0.2) is 17.1 Å². The Balaban J connectivity index is 1.28. The highest BCUT2D eigenvalue weighted by molar-refractivity contribution is 6.00. The van der Waals surface area contributed by atoms with Crippen LogP contribution in [0.3, 0.4) is 0 Å². The fraction of sp³-hybridized carbons (Fsp3) is 0.355. The number of halogens is 5. The third-order valence-electron chi connectivity index (χ3n) is 8.67. The van der Waals surface area contributed by atoms with E-state index in [9.17, 15) is 32.3 Å². The fourth-order valence-electron chi connectivity index (χ4n) is 5.83. The first-order chi connectivity index (χ1) is 22.2. The molecule has 1 fully saturated rings. The van der Waals surface area contributed by atoms with E-state index >= 15 is 4.39 Å². The molecule has 1 amide bonds. The highest BCUT2D eigenvalue weighted by Crippen LogP contribution is 2.55. The summed E-state index contributed by atoms with van der Waals surface area (Å²) in [5, 5.41) is 18.5. The highest BCUT2D eigenvalue weighted by atomic mass is 19.3. The number of nitrogens with zero attached hydrogens (tertiary/aromatic N) is 3. The number of benzene rings is 2. The molecule has 2 atom stereocenters. The van der Waals surface area contributed by atoms with Crippen molar-refractivity contribution in [3.63, 3.8) is 0 Å². The second-order valence-corrected chi connectivity index (χ2v) is 11.9. The van der Waals surface area contributed by atoms with E-state index in [1.54, 1.807) is 6.92 Å². The third-order valence-corrected chi connectivity index (χ3v) is 8.67. The van der Waals surface area contributed by atoms with Gasteiger partial charge in [-0.25, -0.2) is 14.1 Å². The maximum Gasteiger partial charge on any atom is 0.586 e. The van der Waals surface area contributed by atoms with Gasteiger partial charge in [0.1, 0.15) is 41.3 Å². The molecule has 3 aliphatic rings. The van der Waals surface area contributed by atoms with E-state index in [4.69, 9.17) is 9.47 Å². The number of rotatable bonds is 9. The number of alkyl halides is 5. The quantitative estimate of drug-likeness (QED) is 0.192. The molecule has 246 valence electrons. The van der Waals surface area contributed by atoms with Crippen LogP contribution in [-0.4, -0.2) is 64.3 Å². The molecule has 4 heterocycles. The third kappa shape index (κ3) is 4.89. The molecule has 7 rings (SSSR count). The summed E-state index contributed by atoms with van der Waals surface area (Å²) in [5.74, 6) is -1.18. The highest BCUT2D eigenvalue weighted by Gasteiger charge is 2.62. The summed E-state index contributed by atoms with van der Waals surface area (Å²) in [4.78, 5) is 30.1. The molecule has 2 aliphatic heterocycles. The average molecular weight is 661 g/mol. The fourth-order valence-corrected chi connectivity index (χ4v) is 5.83. The van der Waals surface area contributed by atoms with Crippen molar-refractivity contribution in [2.24, 2.45) is 0 Å². The van der Waals surface area contributed by atoms with Crippen LogP contribution in [0.5, 0.6) is 23.0 Å². The van der Waals surface area contributed by atoms with Crippen LogP contribution in [0.15, 0.2) is 42.6 Å². The van der Waals surface area contributed by atoms with Crippen LogP contribution in [-0.2, 0) is 15.8 Å². The van der Waals surface area contributed by atoms with Gasteiger partial charge < -0.3 is 34.2 Å². The number of carbonyl (C=O) groups is 2. The summed E-state index contributed by atoms with van der Waals surface area (Å²) in [5.41, 5.74) is -5.70. The number of hydrogen-bond acceptors (Lipinski definition) is 9. The van der Waals surface area contributed by atoms with Gasteiger partial charge in [-0.05, 0) is 56.2 Å². The molecular formula is C31H25F5N4O7. The second-order valence-electron chi connectivity index (χ2n) is 11.9.